The molecule has 1 fully saturated rings. The van der Waals surface area contributed by atoms with E-state index in [1.807, 2.05) is 24.0 Å². The second-order valence-electron chi connectivity index (χ2n) is 4.30. The van der Waals surface area contributed by atoms with Crippen LogP contribution in [0.5, 0.6) is 0 Å². The summed E-state index contributed by atoms with van der Waals surface area (Å²) in [4.78, 5) is 1.96. The lowest BCUT2D eigenvalue weighted by Crippen LogP contribution is -2.40. The van der Waals surface area contributed by atoms with Gasteiger partial charge >= 0.3 is 0 Å². The number of sulfone groups is 1. The summed E-state index contributed by atoms with van der Waals surface area (Å²) < 4.78 is 22.7. The van der Waals surface area contributed by atoms with Crippen LogP contribution >= 0.6 is 0 Å². The van der Waals surface area contributed by atoms with E-state index in [0.29, 0.717) is 19.6 Å². The van der Waals surface area contributed by atoms with Gasteiger partial charge in [0.1, 0.15) is 0 Å². The van der Waals surface area contributed by atoms with Crippen LogP contribution in [-0.4, -0.2) is 49.8 Å². The van der Waals surface area contributed by atoms with Crippen LogP contribution in [0.25, 0.3) is 0 Å². The molecular formula is C11H18N4O2S. The van der Waals surface area contributed by atoms with Gasteiger partial charge < -0.3 is 10.2 Å². The third-order valence-electron chi connectivity index (χ3n) is 2.93. The number of nitrogens with zero attached hydrogens (tertiary/aromatic N) is 3. The number of anilines is 1. The molecule has 7 heteroatoms. The second-order valence-corrected chi connectivity index (χ2v) is 6.61. The summed E-state index contributed by atoms with van der Waals surface area (Å²) in [5, 5.41) is 11.4. The van der Waals surface area contributed by atoms with Gasteiger partial charge in [-0.15, -0.1) is 5.10 Å². The zero-order valence-corrected chi connectivity index (χ0v) is 11.3. The molecule has 6 nitrogen and oxygen atoms in total. The molecule has 1 aromatic rings. The highest BCUT2D eigenvalue weighted by Gasteiger charge is 2.22. The molecule has 0 saturated carbocycles. The quantitative estimate of drug-likeness (QED) is 0.818. The lowest BCUT2D eigenvalue weighted by Gasteiger charge is -2.27. The molecule has 0 aromatic carbocycles. The minimum atomic E-state index is -2.84. The zero-order chi connectivity index (χ0) is 13.0. The summed E-state index contributed by atoms with van der Waals surface area (Å²) in [5.41, 5.74) is 0.894. The summed E-state index contributed by atoms with van der Waals surface area (Å²) >= 11 is 0. The SMILES string of the molecule is CCNCc1ccc(N2CCS(=O)(=O)CC2)nn1. The Morgan fingerprint density at radius 2 is 2.00 bits per heavy atom. The molecule has 0 amide bonds. The third kappa shape index (κ3) is 3.39. The fraction of sp³-hybridized carbons (Fsp3) is 0.636. The molecule has 1 aliphatic heterocycles. The van der Waals surface area contributed by atoms with Crippen molar-refractivity contribution in [3.05, 3.63) is 17.8 Å². The molecule has 1 aromatic heterocycles. The third-order valence-corrected chi connectivity index (χ3v) is 4.54. The molecule has 0 aliphatic carbocycles. The van der Waals surface area contributed by atoms with Crippen LogP contribution in [0.4, 0.5) is 5.82 Å². The van der Waals surface area contributed by atoms with E-state index < -0.39 is 9.84 Å². The van der Waals surface area contributed by atoms with Crippen molar-refractivity contribution in [3.8, 4) is 0 Å². The Hall–Kier alpha value is -1.21. The maximum absolute atomic E-state index is 11.3. The molecule has 1 N–H and O–H groups in total. The minimum Gasteiger partial charge on any atom is -0.353 e. The smallest absolute Gasteiger partial charge is 0.153 e. The van der Waals surface area contributed by atoms with Crippen LogP contribution < -0.4 is 10.2 Å². The molecule has 100 valence electrons. The van der Waals surface area contributed by atoms with Gasteiger partial charge in [0, 0.05) is 19.6 Å². The number of rotatable bonds is 4. The normalized spacial score (nSPS) is 18.8. The van der Waals surface area contributed by atoms with Crippen molar-refractivity contribution >= 4 is 15.7 Å². The zero-order valence-electron chi connectivity index (χ0n) is 10.5. The van der Waals surface area contributed by atoms with Crippen molar-refractivity contribution in [2.75, 3.05) is 36.0 Å². The molecule has 0 radical (unpaired) electrons. The van der Waals surface area contributed by atoms with E-state index in [-0.39, 0.29) is 11.5 Å². The first-order valence-corrected chi connectivity index (χ1v) is 7.91. The summed E-state index contributed by atoms with van der Waals surface area (Å²) in [7, 11) is -2.84. The van der Waals surface area contributed by atoms with Gasteiger partial charge in [-0.2, -0.15) is 5.10 Å². The number of nitrogens with one attached hydrogen (secondary N) is 1. The maximum Gasteiger partial charge on any atom is 0.153 e. The Bertz CT molecular complexity index is 472. The van der Waals surface area contributed by atoms with Crippen LogP contribution in [-0.2, 0) is 16.4 Å². The van der Waals surface area contributed by atoms with Gasteiger partial charge in [0.25, 0.3) is 0 Å². The van der Waals surface area contributed by atoms with Gasteiger partial charge in [0.05, 0.1) is 17.2 Å². The average molecular weight is 270 g/mol. The summed E-state index contributed by atoms with van der Waals surface area (Å²) in [6, 6.07) is 3.83. The van der Waals surface area contributed by atoms with Crippen LogP contribution in [0.1, 0.15) is 12.6 Å². The van der Waals surface area contributed by atoms with Gasteiger partial charge in [-0.3, -0.25) is 0 Å². The van der Waals surface area contributed by atoms with E-state index in [1.54, 1.807) is 0 Å². The van der Waals surface area contributed by atoms with E-state index in [0.717, 1.165) is 18.1 Å². The van der Waals surface area contributed by atoms with Crippen molar-refractivity contribution in [2.45, 2.75) is 13.5 Å². The van der Waals surface area contributed by atoms with Crippen LogP contribution in [0.3, 0.4) is 0 Å². The first-order valence-electron chi connectivity index (χ1n) is 6.09. The number of aromatic nitrogens is 2. The van der Waals surface area contributed by atoms with E-state index in [2.05, 4.69) is 15.5 Å². The van der Waals surface area contributed by atoms with Crippen molar-refractivity contribution in [2.24, 2.45) is 0 Å². The summed E-state index contributed by atoms with van der Waals surface area (Å²) in [6.45, 7) is 4.65. The van der Waals surface area contributed by atoms with Crippen LogP contribution in [0.2, 0.25) is 0 Å². The molecule has 0 bridgehead atoms. The molecule has 0 spiro atoms. The van der Waals surface area contributed by atoms with Crippen molar-refractivity contribution in [1.29, 1.82) is 0 Å². The second kappa shape index (κ2) is 5.62. The lowest BCUT2D eigenvalue weighted by molar-refractivity contribution is 0.586. The van der Waals surface area contributed by atoms with E-state index >= 15 is 0 Å². The monoisotopic (exact) mass is 270 g/mol. The molecule has 0 atom stereocenters. The molecule has 2 heterocycles. The minimum absolute atomic E-state index is 0.202. The maximum atomic E-state index is 11.3. The number of hydrogen-bond donors (Lipinski definition) is 1. The average Bonchev–Trinajstić information content (AvgIpc) is 2.37. The molecule has 18 heavy (non-hydrogen) atoms. The molecule has 0 unspecified atom stereocenters. The van der Waals surface area contributed by atoms with E-state index in [1.165, 1.54) is 0 Å². The Balaban J connectivity index is 1.98. The summed E-state index contributed by atoms with van der Waals surface area (Å²) in [6.07, 6.45) is 0. The first kappa shape index (κ1) is 13.2. The highest BCUT2D eigenvalue weighted by molar-refractivity contribution is 7.91. The predicted molar refractivity (Wildman–Crippen MR) is 70.3 cm³/mol. The van der Waals surface area contributed by atoms with Gasteiger partial charge in [0.2, 0.25) is 0 Å². The molecule has 2 rings (SSSR count). The van der Waals surface area contributed by atoms with E-state index in [9.17, 15) is 8.42 Å². The topological polar surface area (TPSA) is 75.2 Å². The van der Waals surface area contributed by atoms with Gasteiger partial charge in [-0.05, 0) is 18.7 Å². The standard InChI is InChI=1S/C11H18N4O2S/c1-2-12-9-10-3-4-11(14-13-10)15-5-7-18(16,17)8-6-15/h3-4,12H,2,5-9H2,1H3. The van der Waals surface area contributed by atoms with Crippen LogP contribution in [0.15, 0.2) is 12.1 Å². The Kier molecular flexibility index (Phi) is 4.13. The molecule has 1 aliphatic rings. The largest absolute Gasteiger partial charge is 0.353 e. The predicted octanol–water partition coefficient (Wildman–Crippen LogP) is -0.179. The Labute approximate surface area is 107 Å². The summed E-state index contributed by atoms with van der Waals surface area (Å²) in [5.74, 6) is 1.16. The fourth-order valence-electron chi connectivity index (χ4n) is 1.81. The highest BCUT2D eigenvalue weighted by Crippen LogP contribution is 2.13. The molecular weight excluding hydrogens is 252 g/mol. The van der Waals surface area contributed by atoms with Crippen molar-refractivity contribution < 1.29 is 8.42 Å². The van der Waals surface area contributed by atoms with Crippen molar-refractivity contribution in [3.63, 3.8) is 0 Å². The van der Waals surface area contributed by atoms with E-state index in [4.69, 9.17) is 0 Å². The lowest BCUT2D eigenvalue weighted by atomic mass is 10.3. The highest BCUT2D eigenvalue weighted by atomic mass is 32.2. The van der Waals surface area contributed by atoms with Gasteiger partial charge in [-0.25, -0.2) is 8.42 Å². The van der Waals surface area contributed by atoms with Gasteiger partial charge in [-0.1, -0.05) is 6.92 Å². The Morgan fingerprint density at radius 1 is 1.28 bits per heavy atom. The molecule has 1 saturated heterocycles. The fourth-order valence-corrected chi connectivity index (χ4v) is 3.01. The van der Waals surface area contributed by atoms with Gasteiger partial charge in [0.15, 0.2) is 15.7 Å². The van der Waals surface area contributed by atoms with Crippen molar-refractivity contribution in [1.82, 2.24) is 15.5 Å². The van der Waals surface area contributed by atoms with Crippen LogP contribution in [0, 0.1) is 0 Å². The Morgan fingerprint density at radius 3 is 2.56 bits per heavy atom. The number of hydrogen-bond acceptors (Lipinski definition) is 6. The first-order chi connectivity index (χ1) is 8.61.